The molecule has 1 unspecified atom stereocenters. The molecule has 1 atom stereocenters. The number of rotatable bonds is 6. The predicted octanol–water partition coefficient (Wildman–Crippen LogP) is 5.41. The third kappa shape index (κ3) is 5.02. The summed E-state index contributed by atoms with van der Waals surface area (Å²) >= 11 is 3.40. The normalized spacial score (nSPS) is 14.5. The van der Waals surface area contributed by atoms with E-state index in [2.05, 4.69) is 44.8 Å². The molecule has 0 bridgehead atoms. The topological polar surface area (TPSA) is 64.9 Å². The highest BCUT2D eigenvalue weighted by Gasteiger charge is 2.18. The Morgan fingerprint density at radius 1 is 1.21 bits per heavy atom. The summed E-state index contributed by atoms with van der Waals surface area (Å²) in [6.07, 6.45) is 6.94. The van der Waals surface area contributed by atoms with Crippen LogP contribution in [0.5, 0.6) is 0 Å². The number of nitrogens with one attached hydrogen (secondary N) is 2. The van der Waals surface area contributed by atoms with Gasteiger partial charge >= 0.3 is 0 Å². The molecule has 0 radical (unpaired) electrons. The first-order valence-corrected chi connectivity index (χ1v) is 10.4. The molecule has 0 fully saturated rings. The van der Waals surface area contributed by atoms with Crippen LogP contribution in [-0.2, 0) is 17.6 Å². The molecule has 0 heterocycles. The number of halogens is 1. The van der Waals surface area contributed by atoms with Gasteiger partial charge in [0.2, 0.25) is 0 Å². The van der Waals surface area contributed by atoms with E-state index in [1.807, 2.05) is 37.3 Å². The monoisotopic (exact) mass is 437 g/mol. The number of carbonyl (C=O) groups is 1. The van der Waals surface area contributed by atoms with E-state index in [4.69, 9.17) is 0 Å². The zero-order valence-corrected chi connectivity index (χ0v) is 17.6. The van der Waals surface area contributed by atoms with Crippen molar-refractivity contribution in [2.24, 2.45) is 0 Å². The van der Waals surface area contributed by atoms with Gasteiger partial charge in [0.25, 0.3) is 5.91 Å². The SMILES string of the molecule is CCC(NC(=O)/C(C#N)=C\Nc1cccc(Br)c1)c1ccc2c(c1)CCCC2. The molecule has 2 N–H and O–H groups in total. The Bertz CT molecular complexity index is 930. The number of hydrogen-bond donors (Lipinski definition) is 2. The van der Waals surface area contributed by atoms with Crippen LogP contribution in [0.3, 0.4) is 0 Å². The zero-order valence-electron chi connectivity index (χ0n) is 16.0. The molecule has 0 spiro atoms. The van der Waals surface area contributed by atoms with Crippen molar-refractivity contribution in [2.45, 2.75) is 45.1 Å². The number of aryl methyl sites for hydroxylation is 2. The van der Waals surface area contributed by atoms with Gasteiger partial charge in [-0.2, -0.15) is 5.26 Å². The highest BCUT2D eigenvalue weighted by Crippen LogP contribution is 2.26. The summed E-state index contributed by atoms with van der Waals surface area (Å²) in [6.45, 7) is 2.04. The van der Waals surface area contributed by atoms with Gasteiger partial charge in [0.05, 0.1) is 6.04 Å². The van der Waals surface area contributed by atoms with Gasteiger partial charge in [-0.15, -0.1) is 0 Å². The van der Waals surface area contributed by atoms with Gasteiger partial charge in [-0.05, 0) is 67.0 Å². The van der Waals surface area contributed by atoms with Gasteiger partial charge in [-0.3, -0.25) is 4.79 Å². The van der Waals surface area contributed by atoms with Crippen molar-refractivity contribution in [3.63, 3.8) is 0 Å². The van der Waals surface area contributed by atoms with E-state index in [1.54, 1.807) is 0 Å². The molecule has 1 aliphatic carbocycles. The summed E-state index contributed by atoms with van der Waals surface area (Å²) in [6, 6.07) is 15.9. The fraction of sp³-hybridized carbons (Fsp3) is 0.304. The number of nitriles is 1. The van der Waals surface area contributed by atoms with Crippen molar-refractivity contribution >= 4 is 27.5 Å². The molecule has 5 heteroatoms. The summed E-state index contributed by atoms with van der Waals surface area (Å²) in [5.41, 5.74) is 4.78. The molecule has 1 aliphatic rings. The zero-order chi connectivity index (χ0) is 19.9. The Morgan fingerprint density at radius 3 is 2.71 bits per heavy atom. The molecular formula is C23H24BrN3O. The van der Waals surface area contributed by atoms with Crippen molar-refractivity contribution in [1.29, 1.82) is 5.26 Å². The summed E-state index contributed by atoms with van der Waals surface area (Å²) in [4.78, 5) is 12.6. The van der Waals surface area contributed by atoms with Crippen molar-refractivity contribution < 1.29 is 4.79 Å². The molecule has 0 saturated carbocycles. The Balaban J connectivity index is 1.71. The summed E-state index contributed by atoms with van der Waals surface area (Å²) in [5, 5.41) is 15.4. The van der Waals surface area contributed by atoms with Crippen LogP contribution < -0.4 is 10.6 Å². The van der Waals surface area contributed by atoms with Crippen LogP contribution in [0.2, 0.25) is 0 Å². The molecule has 0 aromatic heterocycles. The van der Waals surface area contributed by atoms with Crippen LogP contribution in [0.25, 0.3) is 0 Å². The lowest BCUT2D eigenvalue weighted by Gasteiger charge is -2.21. The second kappa shape index (κ2) is 9.57. The van der Waals surface area contributed by atoms with Crippen LogP contribution in [0.4, 0.5) is 5.69 Å². The smallest absolute Gasteiger partial charge is 0.263 e. The summed E-state index contributed by atoms with van der Waals surface area (Å²) in [7, 11) is 0. The molecule has 2 aromatic carbocycles. The standard InChI is InChI=1S/C23H24BrN3O/c1-2-22(18-11-10-16-6-3-4-7-17(16)12-18)27-23(28)19(14-25)15-26-21-9-5-8-20(24)13-21/h5,8-13,15,22,26H,2-4,6-7H2,1H3,(H,27,28)/b19-15-. The third-order valence-electron chi connectivity index (χ3n) is 5.06. The molecular weight excluding hydrogens is 414 g/mol. The molecule has 144 valence electrons. The van der Waals surface area contributed by atoms with Gasteiger partial charge in [0, 0.05) is 16.4 Å². The van der Waals surface area contributed by atoms with E-state index < -0.39 is 0 Å². The number of anilines is 1. The van der Waals surface area contributed by atoms with E-state index in [0.29, 0.717) is 0 Å². The largest absolute Gasteiger partial charge is 0.360 e. The lowest BCUT2D eigenvalue weighted by molar-refractivity contribution is -0.117. The van der Waals surface area contributed by atoms with Gasteiger partial charge in [-0.1, -0.05) is 47.1 Å². The number of benzene rings is 2. The van der Waals surface area contributed by atoms with Crippen LogP contribution in [0.15, 0.2) is 58.7 Å². The van der Waals surface area contributed by atoms with Gasteiger partial charge in [0.15, 0.2) is 0 Å². The van der Waals surface area contributed by atoms with Crippen molar-refractivity contribution in [3.8, 4) is 6.07 Å². The molecule has 2 aromatic rings. The van der Waals surface area contributed by atoms with Crippen LogP contribution in [0, 0.1) is 11.3 Å². The van der Waals surface area contributed by atoms with Gasteiger partial charge in [0.1, 0.15) is 11.6 Å². The van der Waals surface area contributed by atoms with Crippen LogP contribution in [-0.4, -0.2) is 5.91 Å². The quantitative estimate of drug-likeness (QED) is 0.468. The second-order valence-electron chi connectivity index (χ2n) is 6.99. The Kier molecular flexibility index (Phi) is 6.89. The lowest BCUT2D eigenvalue weighted by Crippen LogP contribution is -2.29. The summed E-state index contributed by atoms with van der Waals surface area (Å²) in [5.74, 6) is -0.366. The fourth-order valence-corrected chi connectivity index (χ4v) is 3.91. The average molecular weight is 438 g/mol. The van der Waals surface area contributed by atoms with Gasteiger partial charge in [-0.25, -0.2) is 0 Å². The number of amides is 1. The number of nitrogens with zero attached hydrogens (tertiary/aromatic N) is 1. The van der Waals surface area contributed by atoms with E-state index in [9.17, 15) is 10.1 Å². The maximum absolute atomic E-state index is 12.6. The first-order chi connectivity index (χ1) is 13.6. The third-order valence-corrected chi connectivity index (χ3v) is 5.55. The highest BCUT2D eigenvalue weighted by atomic mass is 79.9. The molecule has 1 amide bonds. The van der Waals surface area contributed by atoms with E-state index >= 15 is 0 Å². The Hall–Kier alpha value is -2.58. The molecule has 0 saturated heterocycles. The summed E-state index contributed by atoms with van der Waals surface area (Å²) < 4.78 is 0.923. The maximum atomic E-state index is 12.6. The van der Waals surface area contributed by atoms with Crippen molar-refractivity contribution in [3.05, 3.63) is 75.4 Å². The minimum Gasteiger partial charge on any atom is -0.360 e. The lowest BCUT2D eigenvalue weighted by atomic mass is 9.88. The minimum atomic E-state index is -0.366. The number of hydrogen-bond acceptors (Lipinski definition) is 3. The highest BCUT2D eigenvalue weighted by molar-refractivity contribution is 9.10. The fourth-order valence-electron chi connectivity index (χ4n) is 3.51. The van der Waals surface area contributed by atoms with Gasteiger partial charge < -0.3 is 10.6 Å². The van der Waals surface area contributed by atoms with Crippen molar-refractivity contribution in [1.82, 2.24) is 5.32 Å². The molecule has 28 heavy (non-hydrogen) atoms. The van der Waals surface area contributed by atoms with Crippen LogP contribution >= 0.6 is 15.9 Å². The maximum Gasteiger partial charge on any atom is 0.263 e. The molecule has 3 rings (SSSR count). The Morgan fingerprint density at radius 2 is 2.00 bits per heavy atom. The first kappa shape index (κ1) is 20.2. The predicted molar refractivity (Wildman–Crippen MR) is 116 cm³/mol. The Labute approximate surface area is 174 Å². The van der Waals surface area contributed by atoms with E-state index in [1.165, 1.54) is 30.2 Å². The minimum absolute atomic E-state index is 0.0522. The first-order valence-electron chi connectivity index (χ1n) is 9.65. The average Bonchev–Trinajstić information content (AvgIpc) is 2.72. The van der Waals surface area contributed by atoms with Crippen molar-refractivity contribution in [2.75, 3.05) is 5.32 Å². The second-order valence-corrected chi connectivity index (χ2v) is 7.91. The van der Waals surface area contributed by atoms with Crippen LogP contribution in [0.1, 0.15) is 48.9 Å². The number of fused-ring (bicyclic) bond motifs is 1. The number of carbonyl (C=O) groups excluding carboxylic acids is 1. The van der Waals surface area contributed by atoms with E-state index in [-0.39, 0.29) is 17.5 Å². The van der Waals surface area contributed by atoms with E-state index in [0.717, 1.165) is 35.0 Å². The molecule has 0 aliphatic heterocycles. The molecule has 4 nitrogen and oxygen atoms in total.